The van der Waals surface area contributed by atoms with E-state index in [-0.39, 0.29) is 0 Å². The number of benzene rings is 1. The minimum Gasteiger partial charge on any atom is -0.389 e. The molecule has 0 fully saturated rings. The highest BCUT2D eigenvalue weighted by Crippen LogP contribution is 2.32. The molecule has 2 N–H and O–H groups in total. The average Bonchev–Trinajstić information content (AvgIpc) is 2.43. The summed E-state index contributed by atoms with van der Waals surface area (Å²) in [5, 5.41) is 1.13. The molecule has 0 saturated heterocycles. The summed E-state index contributed by atoms with van der Waals surface area (Å²) in [6, 6.07) is 6.37. The summed E-state index contributed by atoms with van der Waals surface area (Å²) < 4.78 is 0. The largest absolute Gasteiger partial charge is 0.389 e. The zero-order valence-electron chi connectivity index (χ0n) is 12.1. The zero-order chi connectivity index (χ0) is 14.3. The molecule has 20 heavy (non-hydrogen) atoms. The Morgan fingerprint density at radius 2 is 2.00 bits per heavy atom. The monoisotopic (exact) mass is 284 g/mol. The van der Waals surface area contributed by atoms with Gasteiger partial charge >= 0.3 is 0 Å². The van der Waals surface area contributed by atoms with Gasteiger partial charge in [-0.05, 0) is 42.7 Å². The third-order valence-electron chi connectivity index (χ3n) is 4.19. The number of aromatic nitrogens is 1. The Morgan fingerprint density at radius 3 is 2.70 bits per heavy atom. The van der Waals surface area contributed by atoms with E-state index in [0.29, 0.717) is 10.9 Å². The molecular formula is C17H20N2S. The molecule has 0 spiro atoms. The smallest absolute Gasteiger partial charge is 0.105 e. The van der Waals surface area contributed by atoms with E-state index in [4.69, 9.17) is 22.9 Å². The maximum absolute atomic E-state index is 6.03. The number of hydrogen-bond donors (Lipinski definition) is 1. The first kappa shape index (κ1) is 13.5. The van der Waals surface area contributed by atoms with Gasteiger partial charge in [-0.2, -0.15) is 0 Å². The van der Waals surface area contributed by atoms with Crippen molar-refractivity contribution in [1.29, 1.82) is 0 Å². The van der Waals surface area contributed by atoms with E-state index in [1.807, 2.05) is 0 Å². The quantitative estimate of drug-likeness (QED) is 0.851. The predicted molar refractivity (Wildman–Crippen MR) is 88.4 cm³/mol. The highest BCUT2D eigenvalue weighted by atomic mass is 32.1. The van der Waals surface area contributed by atoms with Crippen LogP contribution in [0.5, 0.6) is 0 Å². The molecule has 104 valence electrons. The first-order valence-electron chi connectivity index (χ1n) is 7.33. The lowest BCUT2D eigenvalue weighted by Crippen LogP contribution is -2.18. The molecule has 0 bridgehead atoms. The van der Waals surface area contributed by atoms with Crippen LogP contribution in [0.4, 0.5) is 0 Å². The molecule has 1 aliphatic rings. The molecule has 0 unspecified atom stereocenters. The molecule has 2 nitrogen and oxygen atoms in total. The maximum Gasteiger partial charge on any atom is 0.105 e. The van der Waals surface area contributed by atoms with Crippen LogP contribution in [0.2, 0.25) is 0 Å². The second-order valence-electron chi connectivity index (χ2n) is 5.88. The lowest BCUT2D eigenvalue weighted by atomic mass is 9.88. The number of para-hydroxylation sites is 1. The van der Waals surface area contributed by atoms with Crippen LogP contribution in [0.1, 0.15) is 55.0 Å². The van der Waals surface area contributed by atoms with Crippen molar-refractivity contribution in [1.82, 2.24) is 4.98 Å². The van der Waals surface area contributed by atoms with E-state index < -0.39 is 0 Å². The molecule has 3 heteroatoms. The molecule has 1 aromatic heterocycles. The Morgan fingerprint density at radius 1 is 1.25 bits per heavy atom. The van der Waals surface area contributed by atoms with Crippen molar-refractivity contribution in [3.05, 3.63) is 40.6 Å². The summed E-state index contributed by atoms with van der Waals surface area (Å²) in [4.78, 5) is 5.48. The summed E-state index contributed by atoms with van der Waals surface area (Å²) in [5.41, 5.74) is 12.0. The van der Waals surface area contributed by atoms with E-state index in [0.717, 1.165) is 29.3 Å². The lowest BCUT2D eigenvalue weighted by molar-refractivity contribution is 0.670. The summed E-state index contributed by atoms with van der Waals surface area (Å²) in [6.07, 6.45) is 4.52. The number of nitrogens with zero attached hydrogens (tertiary/aromatic N) is 1. The van der Waals surface area contributed by atoms with Crippen LogP contribution in [0.3, 0.4) is 0 Å². The molecule has 0 aliphatic heterocycles. The van der Waals surface area contributed by atoms with E-state index in [1.54, 1.807) is 0 Å². The fourth-order valence-corrected chi connectivity index (χ4v) is 3.45. The fraction of sp³-hybridized carbons (Fsp3) is 0.412. The number of hydrogen-bond acceptors (Lipinski definition) is 2. The van der Waals surface area contributed by atoms with Gasteiger partial charge in [-0.25, -0.2) is 0 Å². The number of fused-ring (bicyclic) bond motifs is 2. The first-order chi connectivity index (χ1) is 9.59. The Bertz CT molecular complexity index is 689. The Balaban J connectivity index is 2.41. The molecule has 1 aliphatic carbocycles. The van der Waals surface area contributed by atoms with E-state index >= 15 is 0 Å². The van der Waals surface area contributed by atoms with Crippen molar-refractivity contribution in [3.8, 4) is 0 Å². The van der Waals surface area contributed by atoms with Crippen molar-refractivity contribution in [2.24, 2.45) is 5.73 Å². The topological polar surface area (TPSA) is 38.9 Å². The van der Waals surface area contributed by atoms with E-state index in [9.17, 15) is 0 Å². The van der Waals surface area contributed by atoms with Crippen LogP contribution in [0, 0.1) is 0 Å². The molecular weight excluding hydrogens is 264 g/mol. The van der Waals surface area contributed by atoms with Gasteiger partial charge in [0.2, 0.25) is 0 Å². The summed E-state index contributed by atoms with van der Waals surface area (Å²) >= 11 is 5.33. The third kappa shape index (κ3) is 2.10. The Kier molecular flexibility index (Phi) is 3.47. The molecule has 0 atom stereocenters. The number of aryl methyl sites for hydroxylation is 1. The van der Waals surface area contributed by atoms with Gasteiger partial charge in [-0.3, -0.25) is 4.98 Å². The average molecular weight is 284 g/mol. The molecule has 1 aromatic carbocycles. The van der Waals surface area contributed by atoms with Crippen molar-refractivity contribution in [3.63, 3.8) is 0 Å². The normalized spacial score (nSPS) is 14.6. The standard InChI is InChI=1S/C17H20N2S/c1-10(2)11-7-5-8-13-15(17(18)20)12-6-3-4-9-14(12)19-16(11)13/h5,7-8,10H,3-4,6,9H2,1-2H3,(H2,18,20). The Labute approximate surface area is 125 Å². The molecule has 1 heterocycles. The Hall–Kier alpha value is -1.48. The highest BCUT2D eigenvalue weighted by molar-refractivity contribution is 7.80. The van der Waals surface area contributed by atoms with Gasteiger partial charge in [-0.15, -0.1) is 0 Å². The second-order valence-corrected chi connectivity index (χ2v) is 6.32. The summed E-state index contributed by atoms with van der Waals surface area (Å²) in [6.45, 7) is 4.41. The molecule has 3 rings (SSSR count). The fourth-order valence-electron chi connectivity index (χ4n) is 3.21. The second kappa shape index (κ2) is 5.13. The summed E-state index contributed by atoms with van der Waals surface area (Å²) in [5.74, 6) is 0.451. The van der Waals surface area contributed by atoms with Crippen LogP contribution in [0.25, 0.3) is 10.9 Å². The van der Waals surface area contributed by atoms with Gasteiger partial charge in [0.15, 0.2) is 0 Å². The van der Waals surface area contributed by atoms with Gasteiger partial charge in [-0.1, -0.05) is 44.3 Å². The molecule has 0 radical (unpaired) electrons. The highest BCUT2D eigenvalue weighted by Gasteiger charge is 2.21. The zero-order valence-corrected chi connectivity index (χ0v) is 12.9. The predicted octanol–water partition coefficient (Wildman–Crippen LogP) is 3.87. The molecule has 0 amide bonds. The minimum absolute atomic E-state index is 0.451. The SMILES string of the molecule is CC(C)c1cccc2c(C(N)=S)c3c(nc12)CCCC3. The van der Waals surface area contributed by atoms with Crippen LogP contribution in [-0.2, 0) is 12.8 Å². The maximum atomic E-state index is 6.03. The van der Waals surface area contributed by atoms with Gasteiger partial charge < -0.3 is 5.73 Å². The van der Waals surface area contributed by atoms with Gasteiger partial charge in [0.25, 0.3) is 0 Å². The van der Waals surface area contributed by atoms with Crippen LogP contribution in [-0.4, -0.2) is 9.97 Å². The third-order valence-corrected chi connectivity index (χ3v) is 4.40. The van der Waals surface area contributed by atoms with E-state index in [1.165, 1.54) is 29.7 Å². The van der Waals surface area contributed by atoms with Gasteiger partial charge in [0.1, 0.15) is 4.99 Å². The number of pyridine rings is 1. The number of nitrogens with two attached hydrogens (primary N) is 1. The summed E-state index contributed by atoms with van der Waals surface area (Å²) in [7, 11) is 0. The van der Waals surface area contributed by atoms with E-state index in [2.05, 4.69) is 32.0 Å². The van der Waals surface area contributed by atoms with Crippen molar-refractivity contribution in [2.75, 3.05) is 0 Å². The number of thiocarbonyl (C=S) groups is 1. The van der Waals surface area contributed by atoms with Gasteiger partial charge in [0.05, 0.1) is 5.52 Å². The minimum atomic E-state index is 0.451. The molecule has 0 saturated carbocycles. The van der Waals surface area contributed by atoms with Crippen LogP contribution < -0.4 is 5.73 Å². The number of rotatable bonds is 2. The van der Waals surface area contributed by atoms with Crippen LogP contribution >= 0.6 is 12.2 Å². The van der Waals surface area contributed by atoms with Crippen LogP contribution in [0.15, 0.2) is 18.2 Å². The molecule has 2 aromatic rings. The first-order valence-corrected chi connectivity index (χ1v) is 7.74. The van der Waals surface area contributed by atoms with Crippen molar-refractivity contribution >= 4 is 28.1 Å². The van der Waals surface area contributed by atoms with Crippen molar-refractivity contribution in [2.45, 2.75) is 45.4 Å². The van der Waals surface area contributed by atoms with Crippen molar-refractivity contribution < 1.29 is 0 Å². The lowest BCUT2D eigenvalue weighted by Gasteiger charge is -2.21. The van der Waals surface area contributed by atoms with Gasteiger partial charge in [0, 0.05) is 16.6 Å².